The Bertz CT molecular complexity index is 771. The maximum atomic E-state index is 12.7. The molecule has 1 aliphatic rings. The van der Waals surface area contributed by atoms with Crippen molar-refractivity contribution >= 4 is 27.3 Å². The summed E-state index contributed by atoms with van der Waals surface area (Å²) in [6, 6.07) is 0.738. The summed E-state index contributed by atoms with van der Waals surface area (Å²) in [4.78, 5) is 17.9. The number of sulfone groups is 1. The Labute approximate surface area is 154 Å². The molecule has 1 unspecified atom stereocenters. The first-order valence-electron chi connectivity index (χ1n) is 7.89. The third-order valence-electron chi connectivity index (χ3n) is 3.80. The van der Waals surface area contributed by atoms with Crippen LogP contribution in [0.2, 0.25) is 5.02 Å². The Morgan fingerprint density at radius 2 is 2.15 bits per heavy atom. The van der Waals surface area contributed by atoms with Gasteiger partial charge in [-0.15, -0.1) is 0 Å². The molecule has 2 heterocycles. The highest BCUT2D eigenvalue weighted by Gasteiger charge is 2.35. The lowest BCUT2D eigenvalue weighted by Crippen LogP contribution is -2.41. The van der Waals surface area contributed by atoms with Crippen molar-refractivity contribution in [3.8, 4) is 5.88 Å². The van der Waals surface area contributed by atoms with Gasteiger partial charge in [-0.2, -0.15) is 13.2 Å². The molecule has 1 atom stereocenters. The fourth-order valence-electron chi connectivity index (χ4n) is 2.68. The Morgan fingerprint density at radius 3 is 2.65 bits per heavy atom. The normalized spacial score (nSPS) is 19.3. The van der Waals surface area contributed by atoms with Crippen LogP contribution >= 0.6 is 11.6 Å². The minimum Gasteiger partial charge on any atom is -0.467 e. The van der Waals surface area contributed by atoms with Crippen LogP contribution in [0.4, 0.5) is 13.2 Å². The van der Waals surface area contributed by atoms with Crippen molar-refractivity contribution in [3.05, 3.63) is 22.8 Å². The van der Waals surface area contributed by atoms with Crippen LogP contribution in [0.3, 0.4) is 0 Å². The third-order valence-corrected chi connectivity index (χ3v) is 5.82. The molecule has 6 nitrogen and oxygen atoms in total. The highest BCUT2D eigenvalue weighted by atomic mass is 35.5. The number of ether oxygens (including phenoxy) is 1. The summed E-state index contributed by atoms with van der Waals surface area (Å²) < 4.78 is 64.5. The van der Waals surface area contributed by atoms with Crippen LogP contribution in [0.25, 0.3) is 0 Å². The number of carbonyl (C=O) groups excluding carboxylic acids is 1. The molecule has 0 radical (unpaired) electrons. The lowest BCUT2D eigenvalue weighted by molar-refractivity contribution is -0.154. The van der Waals surface area contributed by atoms with E-state index in [-0.39, 0.29) is 22.1 Å². The van der Waals surface area contributed by atoms with Gasteiger partial charge in [-0.3, -0.25) is 4.79 Å². The minimum absolute atomic E-state index is 0.0222. The van der Waals surface area contributed by atoms with Crippen molar-refractivity contribution in [1.29, 1.82) is 0 Å². The number of halogens is 4. The van der Waals surface area contributed by atoms with Crippen LogP contribution in [-0.4, -0.2) is 61.1 Å². The second-order valence-electron chi connectivity index (χ2n) is 5.97. The van der Waals surface area contributed by atoms with E-state index in [4.69, 9.17) is 11.6 Å². The number of nitrogens with zero attached hydrogens (tertiary/aromatic N) is 2. The first kappa shape index (κ1) is 20.8. The Balaban J connectivity index is 2.17. The standard InChI is InChI=1S/C15H18ClF3N2O4S/c1-2-4-21(11-3-5-26(23,24)8-11)14(22)10-6-12(16)13(20-7-10)25-9-15(17,18)19/h6-7,11H,2-5,8-9H2,1H3. The number of aromatic nitrogens is 1. The molecule has 146 valence electrons. The Kier molecular flexibility index (Phi) is 6.38. The molecule has 0 aliphatic carbocycles. The molecule has 1 amide bonds. The molecule has 1 aromatic heterocycles. The zero-order valence-electron chi connectivity index (χ0n) is 13.9. The van der Waals surface area contributed by atoms with Crippen molar-refractivity contribution in [2.45, 2.75) is 32.0 Å². The van der Waals surface area contributed by atoms with Gasteiger partial charge in [0.05, 0.1) is 17.1 Å². The van der Waals surface area contributed by atoms with Crippen LogP contribution in [0.1, 0.15) is 30.1 Å². The molecule has 2 rings (SSSR count). The number of hydrogen-bond acceptors (Lipinski definition) is 5. The van der Waals surface area contributed by atoms with Gasteiger partial charge in [0.15, 0.2) is 16.4 Å². The molecule has 1 saturated heterocycles. The lowest BCUT2D eigenvalue weighted by Gasteiger charge is -2.28. The summed E-state index contributed by atoms with van der Waals surface area (Å²) in [5.74, 6) is -0.974. The molecular formula is C15H18ClF3N2O4S. The van der Waals surface area contributed by atoms with E-state index in [2.05, 4.69) is 9.72 Å². The largest absolute Gasteiger partial charge is 0.467 e. The number of hydrogen-bond donors (Lipinski definition) is 0. The van der Waals surface area contributed by atoms with E-state index >= 15 is 0 Å². The summed E-state index contributed by atoms with van der Waals surface area (Å²) in [6.07, 6.45) is -2.49. The maximum absolute atomic E-state index is 12.7. The van der Waals surface area contributed by atoms with Gasteiger partial charge < -0.3 is 9.64 Å². The zero-order chi connectivity index (χ0) is 19.5. The van der Waals surface area contributed by atoms with Crippen molar-refractivity contribution in [2.75, 3.05) is 24.7 Å². The predicted octanol–water partition coefficient (Wildman–Crippen LogP) is 2.72. The molecule has 0 N–H and O–H groups in total. The molecule has 0 aromatic carbocycles. The molecule has 11 heteroatoms. The smallest absolute Gasteiger partial charge is 0.422 e. The number of carbonyl (C=O) groups is 1. The fraction of sp³-hybridized carbons (Fsp3) is 0.600. The summed E-state index contributed by atoms with van der Waals surface area (Å²) in [5, 5.41) is -0.226. The quantitative estimate of drug-likeness (QED) is 0.715. The van der Waals surface area contributed by atoms with Gasteiger partial charge in [0.2, 0.25) is 5.88 Å². The summed E-state index contributed by atoms with van der Waals surface area (Å²) in [5.41, 5.74) is 0.0621. The van der Waals surface area contributed by atoms with Crippen molar-refractivity contribution < 1.29 is 31.1 Å². The van der Waals surface area contributed by atoms with Crippen LogP contribution in [0.5, 0.6) is 5.88 Å². The van der Waals surface area contributed by atoms with Gasteiger partial charge in [0.1, 0.15) is 5.02 Å². The molecule has 0 bridgehead atoms. The third kappa shape index (κ3) is 5.47. The lowest BCUT2D eigenvalue weighted by atomic mass is 10.1. The van der Waals surface area contributed by atoms with E-state index in [0.717, 1.165) is 6.20 Å². The van der Waals surface area contributed by atoms with E-state index in [0.29, 0.717) is 19.4 Å². The number of amides is 1. The molecule has 1 aliphatic heterocycles. The van der Waals surface area contributed by atoms with E-state index in [1.165, 1.54) is 11.0 Å². The van der Waals surface area contributed by atoms with E-state index < -0.39 is 40.4 Å². The monoisotopic (exact) mass is 414 g/mol. The molecule has 26 heavy (non-hydrogen) atoms. The molecular weight excluding hydrogens is 397 g/mol. The summed E-state index contributed by atoms with van der Waals surface area (Å²) >= 11 is 5.87. The van der Waals surface area contributed by atoms with Crippen LogP contribution in [0, 0.1) is 0 Å². The molecule has 1 fully saturated rings. The first-order chi connectivity index (χ1) is 12.0. The van der Waals surface area contributed by atoms with E-state index in [1.54, 1.807) is 0 Å². The summed E-state index contributed by atoms with van der Waals surface area (Å²) in [6.45, 7) is 0.654. The van der Waals surface area contributed by atoms with Crippen molar-refractivity contribution in [1.82, 2.24) is 9.88 Å². The molecule has 1 aromatic rings. The van der Waals surface area contributed by atoms with Gasteiger partial charge in [0, 0.05) is 18.8 Å². The number of rotatable bonds is 6. The topological polar surface area (TPSA) is 76.6 Å². The predicted molar refractivity (Wildman–Crippen MR) is 89.2 cm³/mol. The van der Waals surface area contributed by atoms with Crippen molar-refractivity contribution in [3.63, 3.8) is 0 Å². The molecule has 0 saturated carbocycles. The number of pyridine rings is 1. The van der Waals surface area contributed by atoms with Gasteiger partial charge in [0.25, 0.3) is 5.91 Å². The first-order valence-corrected chi connectivity index (χ1v) is 10.1. The van der Waals surface area contributed by atoms with E-state index in [1.807, 2.05) is 6.92 Å². The van der Waals surface area contributed by atoms with Crippen molar-refractivity contribution in [2.24, 2.45) is 0 Å². The van der Waals surface area contributed by atoms with Crippen LogP contribution in [0.15, 0.2) is 12.3 Å². The van der Waals surface area contributed by atoms with E-state index in [9.17, 15) is 26.4 Å². The van der Waals surface area contributed by atoms with Gasteiger partial charge in [-0.05, 0) is 18.9 Å². The zero-order valence-corrected chi connectivity index (χ0v) is 15.5. The second-order valence-corrected chi connectivity index (χ2v) is 8.61. The van der Waals surface area contributed by atoms with Gasteiger partial charge in [-0.25, -0.2) is 13.4 Å². The SMILES string of the molecule is CCCN(C(=O)c1cnc(OCC(F)(F)F)c(Cl)c1)C1CCS(=O)(=O)C1. The van der Waals surface area contributed by atoms with Gasteiger partial charge >= 0.3 is 6.18 Å². The number of alkyl halides is 3. The fourth-order valence-corrected chi connectivity index (χ4v) is 4.63. The highest BCUT2D eigenvalue weighted by molar-refractivity contribution is 7.91. The highest BCUT2D eigenvalue weighted by Crippen LogP contribution is 2.27. The Morgan fingerprint density at radius 1 is 1.46 bits per heavy atom. The van der Waals surface area contributed by atoms with Crippen LogP contribution in [-0.2, 0) is 9.84 Å². The molecule has 0 spiro atoms. The van der Waals surface area contributed by atoms with Gasteiger partial charge in [-0.1, -0.05) is 18.5 Å². The second kappa shape index (κ2) is 7.99. The Hall–Kier alpha value is -1.55. The summed E-state index contributed by atoms with van der Waals surface area (Å²) in [7, 11) is -3.17. The maximum Gasteiger partial charge on any atom is 0.422 e. The minimum atomic E-state index is -4.54. The average Bonchev–Trinajstić information content (AvgIpc) is 2.89. The average molecular weight is 415 g/mol. The van der Waals surface area contributed by atoms with Crippen LogP contribution < -0.4 is 4.74 Å².